The van der Waals surface area contributed by atoms with Crippen LogP contribution in [0.4, 0.5) is 0 Å². The molecule has 0 fully saturated rings. The van der Waals surface area contributed by atoms with E-state index in [1.807, 2.05) is 32.0 Å². The number of allylic oxidation sites excluding steroid dienone is 3. The monoisotopic (exact) mass is 418 g/mol. The first-order valence-corrected chi connectivity index (χ1v) is 9.67. The summed E-state index contributed by atoms with van der Waals surface area (Å²) in [6, 6.07) is 5.91. The Morgan fingerprint density at radius 2 is 2.19 bits per heavy atom. The molecule has 1 aliphatic carbocycles. The van der Waals surface area contributed by atoms with E-state index in [2.05, 4.69) is 53.0 Å². The fourth-order valence-electron chi connectivity index (χ4n) is 2.72. The quantitative estimate of drug-likeness (QED) is 0.499. The third-order valence-corrected chi connectivity index (χ3v) is 5.22. The fraction of sp³-hybridized carbons (Fsp3) is 0.429. The molecule has 4 nitrogen and oxygen atoms in total. The molecule has 0 saturated heterocycles. The zero-order chi connectivity index (χ0) is 19.3. The lowest BCUT2D eigenvalue weighted by molar-refractivity contribution is -0.123. The first kappa shape index (κ1) is 20.4. The average molecular weight is 419 g/mol. The molecule has 0 aliphatic heterocycles. The maximum atomic E-state index is 12.1. The molecule has 1 aliphatic rings. The molecule has 2 rings (SSSR count). The Morgan fingerprint density at radius 3 is 2.81 bits per heavy atom. The number of halogens is 1. The van der Waals surface area contributed by atoms with Gasteiger partial charge in [-0.15, -0.1) is 0 Å². The highest BCUT2D eigenvalue weighted by Crippen LogP contribution is 2.29. The number of hydrogen-bond donors (Lipinski definition) is 1. The van der Waals surface area contributed by atoms with Gasteiger partial charge in [0.1, 0.15) is 5.75 Å². The van der Waals surface area contributed by atoms with Gasteiger partial charge in [-0.1, -0.05) is 38.1 Å². The van der Waals surface area contributed by atoms with Crippen LogP contribution in [0.5, 0.6) is 5.75 Å². The highest BCUT2D eigenvalue weighted by Gasteiger charge is 2.19. The Bertz CT molecular complexity index is 750. The smallest absolute Gasteiger partial charge is 0.277 e. The van der Waals surface area contributed by atoms with Crippen molar-refractivity contribution in [3.63, 3.8) is 0 Å². The number of nitrogens with zero attached hydrogens (tertiary/aromatic N) is 1. The van der Waals surface area contributed by atoms with Gasteiger partial charge in [0.15, 0.2) is 6.61 Å². The molecule has 0 bridgehead atoms. The number of nitrogens with one attached hydrogen (secondary N) is 1. The first-order chi connectivity index (χ1) is 12.3. The van der Waals surface area contributed by atoms with Gasteiger partial charge >= 0.3 is 0 Å². The molecule has 1 aromatic carbocycles. The minimum atomic E-state index is -0.275. The molecule has 1 amide bonds. The lowest BCUT2D eigenvalue weighted by Gasteiger charge is -2.22. The van der Waals surface area contributed by atoms with Gasteiger partial charge in [-0.2, -0.15) is 5.10 Å². The normalized spacial score (nSPS) is 18.6. The number of carbonyl (C=O) groups excluding carboxylic acids is 1. The summed E-state index contributed by atoms with van der Waals surface area (Å²) in [5.74, 6) is 1.20. The van der Waals surface area contributed by atoms with Crippen LogP contribution < -0.4 is 10.2 Å². The molecule has 0 heterocycles. The van der Waals surface area contributed by atoms with E-state index >= 15 is 0 Å². The molecule has 140 valence electrons. The third kappa shape index (κ3) is 5.56. The van der Waals surface area contributed by atoms with Crippen LogP contribution in [0.1, 0.15) is 52.0 Å². The Labute approximate surface area is 164 Å². The van der Waals surface area contributed by atoms with E-state index in [-0.39, 0.29) is 12.5 Å². The molecule has 1 unspecified atom stereocenters. The molecule has 1 N–H and O–H groups in total. The van der Waals surface area contributed by atoms with E-state index in [0.717, 1.165) is 34.2 Å². The molecule has 26 heavy (non-hydrogen) atoms. The Morgan fingerprint density at radius 1 is 1.46 bits per heavy atom. The summed E-state index contributed by atoms with van der Waals surface area (Å²) >= 11 is 3.50. The van der Waals surface area contributed by atoms with Crippen molar-refractivity contribution in [3.8, 4) is 5.75 Å². The second kappa shape index (κ2) is 9.17. The van der Waals surface area contributed by atoms with Gasteiger partial charge in [0.25, 0.3) is 5.91 Å². The van der Waals surface area contributed by atoms with Gasteiger partial charge in [0.05, 0.1) is 10.2 Å². The van der Waals surface area contributed by atoms with Crippen LogP contribution in [0.2, 0.25) is 0 Å². The molecule has 1 aromatic rings. The Hall–Kier alpha value is -1.88. The number of hydrazone groups is 1. The van der Waals surface area contributed by atoms with Crippen molar-refractivity contribution in [2.45, 2.75) is 46.5 Å². The molecule has 0 spiro atoms. The second-order valence-electron chi connectivity index (χ2n) is 7.10. The highest BCUT2D eigenvalue weighted by molar-refractivity contribution is 9.10. The van der Waals surface area contributed by atoms with Crippen LogP contribution >= 0.6 is 15.9 Å². The second-order valence-corrected chi connectivity index (χ2v) is 7.95. The van der Waals surface area contributed by atoms with Gasteiger partial charge in [-0.25, -0.2) is 5.43 Å². The van der Waals surface area contributed by atoms with Crippen molar-refractivity contribution in [2.75, 3.05) is 6.61 Å². The molecule has 5 heteroatoms. The van der Waals surface area contributed by atoms with Crippen LogP contribution in [-0.4, -0.2) is 18.2 Å². The molecule has 0 radical (unpaired) electrons. The number of amides is 1. The van der Waals surface area contributed by atoms with Crippen LogP contribution in [-0.2, 0) is 4.79 Å². The van der Waals surface area contributed by atoms with E-state index in [1.54, 1.807) is 0 Å². The first-order valence-electron chi connectivity index (χ1n) is 8.88. The number of rotatable bonds is 6. The largest absolute Gasteiger partial charge is 0.483 e. The summed E-state index contributed by atoms with van der Waals surface area (Å²) in [6.07, 6.45) is 3.94. The fourth-order valence-corrected chi connectivity index (χ4v) is 3.23. The molecule has 0 saturated carbocycles. The van der Waals surface area contributed by atoms with Crippen molar-refractivity contribution >= 4 is 27.5 Å². The number of benzene rings is 1. The van der Waals surface area contributed by atoms with Crippen molar-refractivity contribution in [1.29, 1.82) is 0 Å². The minimum absolute atomic E-state index is 0.0803. The predicted molar refractivity (Wildman–Crippen MR) is 111 cm³/mol. The van der Waals surface area contributed by atoms with Crippen LogP contribution in [0.25, 0.3) is 0 Å². The summed E-state index contributed by atoms with van der Waals surface area (Å²) in [5, 5.41) is 4.28. The van der Waals surface area contributed by atoms with Crippen LogP contribution in [0.15, 0.2) is 51.6 Å². The number of carbonyl (C=O) groups is 1. The van der Waals surface area contributed by atoms with Gasteiger partial charge in [0, 0.05) is 0 Å². The average Bonchev–Trinajstić information content (AvgIpc) is 2.59. The van der Waals surface area contributed by atoms with Crippen molar-refractivity contribution in [2.24, 2.45) is 11.0 Å². The van der Waals surface area contributed by atoms with Gasteiger partial charge in [-0.3, -0.25) is 4.79 Å². The van der Waals surface area contributed by atoms with Crippen molar-refractivity contribution < 1.29 is 9.53 Å². The maximum Gasteiger partial charge on any atom is 0.277 e. The van der Waals surface area contributed by atoms with E-state index in [9.17, 15) is 4.79 Å². The lowest BCUT2D eigenvalue weighted by atomic mass is 9.85. The predicted octanol–water partition coefficient (Wildman–Crippen LogP) is 5.36. The zero-order valence-corrected chi connectivity index (χ0v) is 17.5. The maximum absolute atomic E-state index is 12.1. The van der Waals surface area contributed by atoms with Gasteiger partial charge in [-0.05, 0) is 77.7 Å². The molecule has 1 atom stereocenters. The molecule has 0 aromatic heterocycles. The summed E-state index contributed by atoms with van der Waals surface area (Å²) < 4.78 is 6.45. The Balaban J connectivity index is 1.92. The SMILES string of the molecule is C=C(C)C1CC=C(C)C(=NNC(=O)COc2ccc(C(C)C)cc2Br)C1. The summed E-state index contributed by atoms with van der Waals surface area (Å²) in [5.41, 5.74) is 6.97. The summed E-state index contributed by atoms with van der Waals surface area (Å²) in [7, 11) is 0. The number of hydrogen-bond acceptors (Lipinski definition) is 3. The third-order valence-electron chi connectivity index (χ3n) is 4.60. The minimum Gasteiger partial charge on any atom is -0.483 e. The van der Waals surface area contributed by atoms with E-state index < -0.39 is 0 Å². The van der Waals surface area contributed by atoms with Crippen molar-refractivity contribution in [3.05, 3.63) is 52.0 Å². The van der Waals surface area contributed by atoms with Gasteiger partial charge < -0.3 is 4.74 Å². The zero-order valence-electron chi connectivity index (χ0n) is 15.9. The summed E-state index contributed by atoms with van der Waals surface area (Å²) in [6.45, 7) is 12.3. The number of ether oxygens (including phenoxy) is 1. The van der Waals surface area contributed by atoms with E-state index in [4.69, 9.17) is 4.74 Å². The van der Waals surface area contributed by atoms with E-state index in [0.29, 0.717) is 17.6 Å². The lowest BCUT2D eigenvalue weighted by Crippen LogP contribution is -2.27. The molecular formula is C21H27BrN2O2. The Kier molecular flexibility index (Phi) is 7.21. The summed E-state index contributed by atoms with van der Waals surface area (Å²) in [4.78, 5) is 12.1. The van der Waals surface area contributed by atoms with Crippen molar-refractivity contribution in [1.82, 2.24) is 5.43 Å². The van der Waals surface area contributed by atoms with Crippen LogP contribution in [0, 0.1) is 5.92 Å². The van der Waals surface area contributed by atoms with Gasteiger partial charge in [0.2, 0.25) is 0 Å². The van der Waals surface area contributed by atoms with Crippen LogP contribution in [0.3, 0.4) is 0 Å². The molecular weight excluding hydrogens is 392 g/mol. The van der Waals surface area contributed by atoms with E-state index in [1.165, 1.54) is 5.56 Å². The topological polar surface area (TPSA) is 50.7 Å². The highest BCUT2D eigenvalue weighted by atomic mass is 79.9. The standard InChI is InChI=1S/C21H27BrN2O2/c1-13(2)16-8-9-20(18(22)10-16)26-12-21(25)24-23-19-11-17(14(3)4)7-6-15(19)5/h6,8-10,13,17H,3,7,11-12H2,1-2,4-5H3,(H,24,25).